The molecule has 2 aromatic rings. The molecule has 0 saturated carbocycles. The molecule has 1 heterocycles. The first-order valence-electron chi connectivity index (χ1n) is 6.20. The Labute approximate surface area is 116 Å². The van der Waals surface area contributed by atoms with Crippen molar-refractivity contribution in [3.8, 4) is 0 Å². The fourth-order valence-corrected chi connectivity index (χ4v) is 2.60. The van der Waals surface area contributed by atoms with Crippen LogP contribution in [0.25, 0.3) is 0 Å². The molecule has 0 saturated heterocycles. The Morgan fingerprint density at radius 1 is 1.37 bits per heavy atom. The molecular weight excluding hydrogens is 258 g/mol. The number of rotatable bonds is 4. The molecule has 1 amide bonds. The summed E-state index contributed by atoms with van der Waals surface area (Å²) in [6.45, 7) is 4.29. The van der Waals surface area contributed by atoms with Gasteiger partial charge >= 0.3 is 0 Å². The molecule has 100 valence electrons. The van der Waals surface area contributed by atoms with Gasteiger partial charge < -0.3 is 11.1 Å². The van der Waals surface area contributed by atoms with Gasteiger partial charge in [0.05, 0.1) is 5.69 Å². The van der Waals surface area contributed by atoms with E-state index in [1.165, 1.54) is 16.9 Å². The fourth-order valence-electron chi connectivity index (χ4n) is 1.76. The highest BCUT2D eigenvalue weighted by Gasteiger charge is 2.14. The van der Waals surface area contributed by atoms with Gasteiger partial charge in [-0.25, -0.2) is 4.98 Å². The van der Waals surface area contributed by atoms with E-state index < -0.39 is 0 Å². The SMILES string of the molecule is CCc1ccc(NC(=O)c2sc(CN)nc2C)cc1. The lowest BCUT2D eigenvalue weighted by molar-refractivity contribution is 0.103. The maximum atomic E-state index is 12.1. The molecule has 2 rings (SSSR count). The van der Waals surface area contributed by atoms with Crippen molar-refractivity contribution >= 4 is 22.9 Å². The summed E-state index contributed by atoms with van der Waals surface area (Å²) in [4.78, 5) is 17.0. The maximum absolute atomic E-state index is 12.1. The van der Waals surface area contributed by atoms with Gasteiger partial charge in [-0.15, -0.1) is 11.3 Å². The first kappa shape index (κ1) is 13.7. The van der Waals surface area contributed by atoms with E-state index in [1.54, 1.807) is 0 Å². The van der Waals surface area contributed by atoms with Crippen LogP contribution in [0.3, 0.4) is 0 Å². The number of nitrogens with two attached hydrogens (primary N) is 1. The van der Waals surface area contributed by atoms with Crippen LogP contribution in [0.2, 0.25) is 0 Å². The lowest BCUT2D eigenvalue weighted by Gasteiger charge is -2.04. The molecule has 5 heteroatoms. The molecule has 3 N–H and O–H groups in total. The fraction of sp³-hybridized carbons (Fsp3) is 0.286. The molecule has 0 fully saturated rings. The molecule has 0 radical (unpaired) electrons. The topological polar surface area (TPSA) is 68.0 Å². The van der Waals surface area contributed by atoms with Crippen molar-refractivity contribution in [2.45, 2.75) is 26.8 Å². The molecule has 0 aliphatic carbocycles. The van der Waals surface area contributed by atoms with E-state index in [0.29, 0.717) is 11.4 Å². The first-order chi connectivity index (χ1) is 9.13. The average molecular weight is 275 g/mol. The molecule has 4 nitrogen and oxygen atoms in total. The zero-order valence-corrected chi connectivity index (χ0v) is 11.9. The monoisotopic (exact) mass is 275 g/mol. The van der Waals surface area contributed by atoms with Crippen LogP contribution in [-0.2, 0) is 13.0 Å². The van der Waals surface area contributed by atoms with Crippen molar-refractivity contribution in [1.82, 2.24) is 4.98 Å². The molecule has 0 aliphatic rings. The Hall–Kier alpha value is -1.72. The second kappa shape index (κ2) is 5.95. The number of hydrogen-bond acceptors (Lipinski definition) is 4. The van der Waals surface area contributed by atoms with E-state index in [2.05, 4.69) is 17.2 Å². The minimum atomic E-state index is -0.126. The van der Waals surface area contributed by atoms with Crippen LogP contribution >= 0.6 is 11.3 Å². The molecule has 0 atom stereocenters. The van der Waals surface area contributed by atoms with Gasteiger partial charge in [-0.2, -0.15) is 0 Å². The largest absolute Gasteiger partial charge is 0.325 e. The summed E-state index contributed by atoms with van der Waals surface area (Å²) in [5, 5.41) is 3.66. The lowest BCUT2D eigenvalue weighted by Crippen LogP contribution is -2.11. The van der Waals surface area contributed by atoms with E-state index in [-0.39, 0.29) is 5.91 Å². The molecule has 0 bridgehead atoms. The molecule has 0 aliphatic heterocycles. The minimum absolute atomic E-state index is 0.126. The van der Waals surface area contributed by atoms with E-state index in [9.17, 15) is 4.79 Å². The van der Waals surface area contributed by atoms with Gasteiger partial charge in [0, 0.05) is 12.2 Å². The number of aromatic nitrogens is 1. The lowest BCUT2D eigenvalue weighted by atomic mass is 10.1. The Bertz CT molecular complexity index is 575. The average Bonchev–Trinajstić information content (AvgIpc) is 2.81. The number of anilines is 1. The number of thiazole rings is 1. The van der Waals surface area contributed by atoms with Crippen LogP contribution in [0.15, 0.2) is 24.3 Å². The molecule has 0 spiro atoms. The predicted molar refractivity (Wildman–Crippen MR) is 78.5 cm³/mol. The highest BCUT2D eigenvalue weighted by molar-refractivity contribution is 7.13. The van der Waals surface area contributed by atoms with Gasteiger partial charge in [-0.3, -0.25) is 4.79 Å². The van der Waals surface area contributed by atoms with Gasteiger partial charge in [-0.1, -0.05) is 19.1 Å². The molecule has 1 aromatic carbocycles. The third kappa shape index (κ3) is 3.19. The number of amides is 1. The van der Waals surface area contributed by atoms with Crippen molar-refractivity contribution in [3.63, 3.8) is 0 Å². The zero-order chi connectivity index (χ0) is 13.8. The third-order valence-electron chi connectivity index (χ3n) is 2.84. The summed E-state index contributed by atoms with van der Waals surface area (Å²) < 4.78 is 0. The second-order valence-electron chi connectivity index (χ2n) is 4.23. The van der Waals surface area contributed by atoms with E-state index in [4.69, 9.17) is 5.73 Å². The quantitative estimate of drug-likeness (QED) is 0.901. The summed E-state index contributed by atoms with van der Waals surface area (Å²) in [5.74, 6) is -0.126. The number of carbonyl (C=O) groups excluding carboxylic acids is 1. The molecule has 0 unspecified atom stereocenters. The van der Waals surface area contributed by atoms with Crippen LogP contribution in [0.5, 0.6) is 0 Å². The minimum Gasteiger partial charge on any atom is -0.325 e. The Kier molecular flexibility index (Phi) is 4.29. The van der Waals surface area contributed by atoms with Crippen LogP contribution in [0, 0.1) is 6.92 Å². The zero-order valence-electron chi connectivity index (χ0n) is 11.1. The smallest absolute Gasteiger partial charge is 0.267 e. The summed E-state index contributed by atoms with van der Waals surface area (Å²) in [6, 6.07) is 7.86. The molecular formula is C14H17N3OS. The normalized spacial score (nSPS) is 10.5. The van der Waals surface area contributed by atoms with E-state index >= 15 is 0 Å². The van der Waals surface area contributed by atoms with Gasteiger partial charge in [0.25, 0.3) is 5.91 Å². The predicted octanol–water partition coefficient (Wildman–Crippen LogP) is 2.72. The molecule has 1 aromatic heterocycles. The number of nitrogens with zero attached hydrogens (tertiary/aromatic N) is 1. The highest BCUT2D eigenvalue weighted by atomic mass is 32.1. The van der Waals surface area contributed by atoms with E-state index in [0.717, 1.165) is 22.8 Å². The second-order valence-corrected chi connectivity index (χ2v) is 5.31. The van der Waals surface area contributed by atoms with Crippen molar-refractivity contribution < 1.29 is 4.79 Å². The summed E-state index contributed by atoms with van der Waals surface area (Å²) in [5.41, 5.74) is 8.31. The van der Waals surface area contributed by atoms with Gasteiger partial charge in [0.15, 0.2) is 0 Å². The Morgan fingerprint density at radius 2 is 2.05 bits per heavy atom. The Balaban J connectivity index is 2.13. The standard InChI is InChI=1S/C14H17N3OS/c1-3-10-4-6-11(7-5-10)17-14(18)13-9(2)16-12(8-15)19-13/h4-7H,3,8,15H2,1-2H3,(H,17,18). The van der Waals surface area contributed by atoms with Crippen molar-refractivity contribution in [3.05, 3.63) is 45.4 Å². The Morgan fingerprint density at radius 3 is 2.58 bits per heavy atom. The maximum Gasteiger partial charge on any atom is 0.267 e. The number of benzene rings is 1. The van der Waals surface area contributed by atoms with Crippen LogP contribution in [0.4, 0.5) is 5.69 Å². The van der Waals surface area contributed by atoms with E-state index in [1.807, 2.05) is 31.2 Å². The van der Waals surface area contributed by atoms with Crippen molar-refractivity contribution in [2.24, 2.45) is 5.73 Å². The van der Waals surface area contributed by atoms with Crippen LogP contribution in [0.1, 0.15) is 32.9 Å². The van der Waals surface area contributed by atoms with Gasteiger partial charge in [-0.05, 0) is 31.0 Å². The number of nitrogens with one attached hydrogen (secondary N) is 1. The summed E-state index contributed by atoms with van der Waals surface area (Å²) >= 11 is 1.35. The first-order valence-corrected chi connectivity index (χ1v) is 7.02. The van der Waals surface area contributed by atoms with Gasteiger partial charge in [0.1, 0.15) is 9.88 Å². The number of aryl methyl sites for hydroxylation is 2. The number of carbonyl (C=O) groups is 1. The van der Waals surface area contributed by atoms with Crippen LogP contribution in [-0.4, -0.2) is 10.9 Å². The van der Waals surface area contributed by atoms with Crippen molar-refractivity contribution in [2.75, 3.05) is 5.32 Å². The van der Waals surface area contributed by atoms with Gasteiger partial charge in [0.2, 0.25) is 0 Å². The molecule has 19 heavy (non-hydrogen) atoms. The number of hydrogen-bond donors (Lipinski definition) is 2. The van der Waals surface area contributed by atoms with Crippen molar-refractivity contribution in [1.29, 1.82) is 0 Å². The van der Waals surface area contributed by atoms with Crippen LogP contribution < -0.4 is 11.1 Å². The highest BCUT2D eigenvalue weighted by Crippen LogP contribution is 2.19. The summed E-state index contributed by atoms with van der Waals surface area (Å²) in [6.07, 6.45) is 0.988. The summed E-state index contributed by atoms with van der Waals surface area (Å²) in [7, 11) is 0. The third-order valence-corrected chi connectivity index (χ3v) is 4.02.